The summed E-state index contributed by atoms with van der Waals surface area (Å²) in [6.07, 6.45) is 2.11. The highest BCUT2D eigenvalue weighted by Gasteiger charge is 2.42. The van der Waals surface area contributed by atoms with E-state index in [1.165, 1.54) is 7.11 Å². The minimum atomic E-state index is -1.57. The Kier molecular flexibility index (Phi) is 7.71. The quantitative estimate of drug-likeness (QED) is 0.394. The monoisotopic (exact) mass is 328 g/mol. The van der Waals surface area contributed by atoms with Crippen LogP contribution < -0.4 is 0 Å². The van der Waals surface area contributed by atoms with E-state index in [-0.39, 0.29) is 31.5 Å². The first-order valence-corrected chi connectivity index (χ1v) is 7.91. The summed E-state index contributed by atoms with van der Waals surface area (Å²) in [5.74, 6) is -5.19. The van der Waals surface area contributed by atoms with Crippen molar-refractivity contribution in [3.63, 3.8) is 0 Å². The Balaban J connectivity index is 2.88. The van der Waals surface area contributed by atoms with Crippen molar-refractivity contribution >= 4 is 23.7 Å². The first kappa shape index (κ1) is 19.1. The Bertz CT molecular complexity index is 439. The smallest absolute Gasteiger partial charge is 0.328 e. The van der Waals surface area contributed by atoms with Gasteiger partial charge < -0.3 is 14.2 Å². The third-order valence-corrected chi connectivity index (χ3v) is 3.94. The van der Waals surface area contributed by atoms with Gasteiger partial charge in [0, 0.05) is 5.92 Å². The van der Waals surface area contributed by atoms with E-state index in [0.29, 0.717) is 19.3 Å². The molecule has 0 aromatic heterocycles. The summed E-state index contributed by atoms with van der Waals surface area (Å²) in [4.78, 5) is 48.3. The number of Topliss-reactive ketones (excluding diaryl/α,β-unsaturated/α-hetero) is 1. The van der Waals surface area contributed by atoms with E-state index in [1.54, 1.807) is 13.8 Å². The van der Waals surface area contributed by atoms with Gasteiger partial charge >= 0.3 is 17.9 Å². The minimum Gasteiger partial charge on any atom is -0.469 e. The number of carbonyl (C=O) groups is 4. The number of carbonyl (C=O) groups excluding carboxylic acids is 4. The lowest BCUT2D eigenvalue weighted by Crippen LogP contribution is -2.40. The van der Waals surface area contributed by atoms with Crippen molar-refractivity contribution < 1.29 is 33.4 Å². The second-order valence-corrected chi connectivity index (χ2v) is 5.42. The van der Waals surface area contributed by atoms with Crippen LogP contribution >= 0.6 is 0 Å². The predicted octanol–water partition coefficient (Wildman–Crippen LogP) is 1.28. The SMILES string of the molecule is CCOC(=O)C(C(=O)OCC)C(=O)[C@H]1CCC[C@@H](C(=O)OC)C1. The average Bonchev–Trinajstić information content (AvgIpc) is 2.54. The first-order valence-electron chi connectivity index (χ1n) is 7.91. The fourth-order valence-corrected chi connectivity index (χ4v) is 2.84. The molecule has 0 aromatic rings. The molecule has 0 N–H and O–H groups in total. The Hall–Kier alpha value is -1.92. The molecule has 1 aliphatic carbocycles. The van der Waals surface area contributed by atoms with E-state index >= 15 is 0 Å². The van der Waals surface area contributed by atoms with Gasteiger partial charge in [0.15, 0.2) is 5.78 Å². The van der Waals surface area contributed by atoms with Crippen molar-refractivity contribution in [3.05, 3.63) is 0 Å². The molecule has 0 spiro atoms. The van der Waals surface area contributed by atoms with Gasteiger partial charge in [0.25, 0.3) is 0 Å². The number of ether oxygens (including phenoxy) is 3. The number of methoxy groups -OCH3 is 1. The van der Waals surface area contributed by atoms with E-state index < -0.39 is 29.6 Å². The maximum atomic E-state index is 12.6. The molecule has 23 heavy (non-hydrogen) atoms. The molecule has 0 saturated heterocycles. The summed E-state index contributed by atoms with van der Waals surface area (Å²) in [5, 5.41) is 0. The van der Waals surface area contributed by atoms with Gasteiger partial charge in [-0.2, -0.15) is 0 Å². The van der Waals surface area contributed by atoms with Gasteiger partial charge in [0.1, 0.15) is 0 Å². The first-order chi connectivity index (χ1) is 11.0. The molecule has 0 heterocycles. The fourth-order valence-electron chi connectivity index (χ4n) is 2.84. The van der Waals surface area contributed by atoms with Gasteiger partial charge in [0.2, 0.25) is 5.92 Å². The molecule has 130 valence electrons. The number of rotatable bonds is 7. The molecule has 7 nitrogen and oxygen atoms in total. The second kappa shape index (κ2) is 9.27. The summed E-state index contributed by atoms with van der Waals surface area (Å²) < 4.78 is 14.4. The van der Waals surface area contributed by atoms with Gasteiger partial charge in [-0.3, -0.25) is 19.2 Å². The van der Waals surface area contributed by atoms with E-state index in [4.69, 9.17) is 14.2 Å². The van der Waals surface area contributed by atoms with Crippen LogP contribution in [0.1, 0.15) is 39.5 Å². The zero-order chi connectivity index (χ0) is 17.4. The molecule has 0 unspecified atom stereocenters. The molecule has 1 fully saturated rings. The molecule has 2 atom stereocenters. The number of ketones is 1. The van der Waals surface area contributed by atoms with Crippen molar-refractivity contribution in [2.24, 2.45) is 17.8 Å². The van der Waals surface area contributed by atoms with Crippen LogP contribution in [0.3, 0.4) is 0 Å². The van der Waals surface area contributed by atoms with Gasteiger partial charge in [-0.25, -0.2) is 0 Å². The second-order valence-electron chi connectivity index (χ2n) is 5.42. The molecule has 0 radical (unpaired) electrons. The van der Waals surface area contributed by atoms with E-state index in [9.17, 15) is 19.2 Å². The zero-order valence-electron chi connectivity index (χ0n) is 13.8. The Morgan fingerprint density at radius 1 is 0.957 bits per heavy atom. The standard InChI is InChI=1S/C16H24O7/c1-4-22-15(19)12(16(20)23-5-2)13(17)10-7-6-8-11(9-10)14(18)21-3/h10-12H,4-9H2,1-3H3/t10-,11+/m0/s1. The minimum absolute atomic E-state index is 0.0669. The summed E-state index contributed by atoms with van der Waals surface area (Å²) in [6.45, 7) is 3.33. The van der Waals surface area contributed by atoms with Crippen LogP contribution in [0.5, 0.6) is 0 Å². The fraction of sp³-hybridized carbons (Fsp3) is 0.750. The van der Waals surface area contributed by atoms with Crippen LogP contribution in [-0.2, 0) is 33.4 Å². The van der Waals surface area contributed by atoms with Gasteiger partial charge in [-0.1, -0.05) is 6.42 Å². The normalized spacial score (nSPS) is 20.7. The number of hydrogen-bond donors (Lipinski definition) is 0. The van der Waals surface area contributed by atoms with Crippen LogP contribution in [0.25, 0.3) is 0 Å². The molecular formula is C16H24O7. The molecule has 0 aliphatic heterocycles. The number of esters is 3. The summed E-state index contributed by atoms with van der Waals surface area (Å²) in [6, 6.07) is 0. The van der Waals surface area contributed by atoms with Gasteiger partial charge in [-0.15, -0.1) is 0 Å². The third kappa shape index (κ3) is 5.04. The Morgan fingerprint density at radius 2 is 1.48 bits per heavy atom. The summed E-state index contributed by atoms with van der Waals surface area (Å²) >= 11 is 0. The summed E-state index contributed by atoms with van der Waals surface area (Å²) in [5.41, 5.74) is 0. The zero-order valence-corrected chi connectivity index (χ0v) is 13.8. The van der Waals surface area contributed by atoms with E-state index in [1.807, 2.05) is 0 Å². The van der Waals surface area contributed by atoms with Gasteiger partial charge in [0.05, 0.1) is 26.2 Å². The Morgan fingerprint density at radius 3 is 1.96 bits per heavy atom. The van der Waals surface area contributed by atoms with Crippen LogP contribution in [-0.4, -0.2) is 44.0 Å². The highest BCUT2D eigenvalue weighted by atomic mass is 16.6. The van der Waals surface area contributed by atoms with Crippen LogP contribution in [0.4, 0.5) is 0 Å². The molecule has 1 rings (SSSR count). The third-order valence-electron chi connectivity index (χ3n) is 3.94. The molecular weight excluding hydrogens is 304 g/mol. The van der Waals surface area contributed by atoms with Crippen LogP contribution in [0, 0.1) is 17.8 Å². The lowest BCUT2D eigenvalue weighted by molar-refractivity contribution is -0.165. The van der Waals surface area contributed by atoms with Crippen molar-refractivity contribution in [1.29, 1.82) is 0 Å². The van der Waals surface area contributed by atoms with Crippen molar-refractivity contribution in [3.8, 4) is 0 Å². The highest BCUT2D eigenvalue weighted by Crippen LogP contribution is 2.32. The van der Waals surface area contributed by atoms with Crippen molar-refractivity contribution in [2.75, 3.05) is 20.3 Å². The maximum absolute atomic E-state index is 12.6. The van der Waals surface area contributed by atoms with Crippen molar-refractivity contribution in [2.45, 2.75) is 39.5 Å². The highest BCUT2D eigenvalue weighted by molar-refractivity contribution is 6.15. The number of hydrogen-bond acceptors (Lipinski definition) is 7. The lowest BCUT2D eigenvalue weighted by atomic mass is 9.76. The van der Waals surface area contributed by atoms with E-state index in [2.05, 4.69) is 0 Å². The lowest BCUT2D eigenvalue weighted by Gasteiger charge is -2.28. The topological polar surface area (TPSA) is 96.0 Å². The van der Waals surface area contributed by atoms with Gasteiger partial charge in [-0.05, 0) is 33.1 Å². The van der Waals surface area contributed by atoms with Crippen LogP contribution in [0.15, 0.2) is 0 Å². The molecule has 7 heteroatoms. The average molecular weight is 328 g/mol. The Labute approximate surface area is 135 Å². The summed E-state index contributed by atoms with van der Waals surface area (Å²) in [7, 11) is 1.30. The molecule has 0 amide bonds. The van der Waals surface area contributed by atoms with Crippen molar-refractivity contribution in [1.82, 2.24) is 0 Å². The molecule has 0 bridgehead atoms. The molecule has 1 aliphatic rings. The maximum Gasteiger partial charge on any atom is 0.328 e. The molecule has 0 aromatic carbocycles. The van der Waals surface area contributed by atoms with Crippen LogP contribution in [0.2, 0.25) is 0 Å². The van der Waals surface area contributed by atoms with E-state index in [0.717, 1.165) is 0 Å². The predicted molar refractivity (Wildman–Crippen MR) is 79.2 cm³/mol. The largest absolute Gasteiger partial charge is 0.469 e. The molecule has 1 saturated carbocycles.